The third kappa shape index (κ3) is 10800. The van der Waals surface area contributed by atoms with Crippen molar-refractivity contribution in [3.63, 3.8) is 0 Å². The summed E-state index contributed by atoms with van der Waals surface area (Å²) in [6.45, 7) is 0. The van der Waals surface area contributed by atoms with E-state index in [1.165, 1.54) is 0 Å². The molecule has 0 spiro atoms. The molecule has 0 aliphatic heterocycles. The van der Waals surface area contributed by atoms with E-state index < -0.39 is 14.8 Å². The van der Waals surface area contributed by atoms with Crippen molar-refractivity contribution < 1.29 is 33.4 Å². The Kier molecular flexibility index (Phi) is 137. The van der Waals surface area contributed by atoms with Gasteiger partial charge in [-0.05, 0) is 0 Å². The molecular formula is H4MnO4. The van der Waals surface area contributed by atoms with Gasteiger partial charge in [-0.25, -0.2) is 0 Å². The molecule has 0 aromatic rings. The van der Waals surface area contributed by atoms with Crippen LogP contribution in [0.25, 0.3) is 0 Å². The summed E-state index contributed by atoms with van der Waals surface area (Å²) in [5.41, 5.74) is 0. The Hall–Kier alpha value is 0.0395. The van der Waals surface area contributed by atoms with Gasteiger partial charge in [0, 0.05) is 0 Å². The third-order valence-electron chi connectivity index (χ3n) is 0. The first-order chi connectivity index (χ1) is 1.41. The van der Waals surface area contributed by atoms with Gasteiger partial charge in [-0.15, -0.1) is 0 Å². The molecule has 0 unspecified atom stereocenters. The maximum atomic E-state index is 8.41. The van der Waals surface area contributed by atoms with Crippen LogP contribution in [0.15, 0.2) is 0 Å². The second-order valence-electron chi connectivity index (χ2n) is 0.0630. The van der Waals surface area contributed by atoms with Gasteiger partial charge in [0.1, 0.15) is 0 Å². The van der Waals surface area contributed by atoms with Crippen molar-refractivity contribution in [1.82, 2.24) is 0 Å². The first-order valence-electron chi connectivity index (χ1n) is 0.309. The van der Waals surface area contributed by atoms with Crippen LogP contribution in [-0.4, -0.2) is 11.0 Å². The fraction of sp³-hybridized carbons (Fsp3) is 0. The van der Waals surface area contributed by atoms with Crippen LogP contribution in [0.4, 0.5) is 0 Å². The Labute approximate surface area is 34.4 Å². The molecule has 35 valence electrons. The van der Waals surface area contributed by atoms with Crippen LogP contribution < -0.4 is 0 Å². The molecule has 0 amide bonds. The van der Waals surface area contributed by atoms with E-state index in [9.17, 15) is 0 Å². The van der Waals surface area contributed by atoms with Gasteiger partial charge in [0.05, 0.1) is 0 Å². The van der Waals surface area contributed by atoms with Gasteiger partial charge in [0.15, 0.2) is 0 Å². The van der Waals surface area contributed by atoms with Crippen LogP contribution in [0.1, 0.15) is 0 Å². The van der Waals surface area contributed by atoms with Crippen LogP contribution in [0, 0.1) is 0 Å². The van der Waals surface area contributed by atoms with Crippen LogP contribution in [0.5, 0.6) is 0 Å². The third-order valence-corrected chi connectivity index (χ3v) is 0. The first kappa shape index (κ1) is 19.8. The van der Waals surface area contributed by atoms with Crippen molar-refractivity contribution in [1.29, 1.82) is 0 Å². The number of hydrogen-bond acceptors (Lipinski definition) is 2. The van der Waals surface area contributed by atoms with E-state index in [-0.39, 0.29) is 11.0 Å². The fourth-order valence-corrected chi connectivity index (χ4v) is 0. The first-order valence-corrected chi connectivity index (χ1v) is 1.27. The van der Waals surface area contributed by atoms with Crippen molar-refractivity contribution in [3.05, 3.63) is 0 Å². The molecule has 0 aromatic carbocycles. The van der Waals surface area contributed by atoms with E-state index in [1.807, 2.05) is 0 Å². The summed E-state index contributed by atoms with van der Waals surface area (Å²) in [6.07, 6.45) is 0. The van der Waals surface area contributed by atoms with Gasteiger partial charge in [-0.3, -0.25) is 0 Å². The second-order valence-corrected chi connectivity index (χ2v) is 0.260. The van der Waals surface area contributed by atoms with Gasteiger partial charge < -0.3 is 11.0 Å². The van der Waals surface area contributed by atoms with Gasteiger partial charge in [-0.2, -0.15) is 0 Å². The molecule has 0 rings (SSSR count). The zero-order valence-electron chi connectivity index (χ0n) is 2.19. The predicted molar refractivity (Wildman–Crippen MR) is 8.60 cm³/mol. The van der Waals surface area contributed by atoms with Gasteiger partial charge in [0.2, 0.25) is 0 Å². The average molecular weight is 123 g/mol. The van der Waals surface area contributed by atoms with E-state index in [2.05, 4.69) is 0 Å². The van der Waals surface area contributed by atoms with Gasteiger partial charge in [0.25, 0.3) is 0 Å². The van der Waals surface area contributed by atoms with E-state index in [4.69, 9.17) is 7.67 Å². The fourth-order valence-electron chi connectivity index (χ4n) is 0. The monoisotopic (exact) mass is 123 g/mol. The molecule has 4 N–H and O–H groups in total. The molecule has 4 nitrogen and oxygen atoms in total. The Morgan fingerprint density at radius 1 is 1.00 bits per heavy atom. The Morgan fingerprint density at radius 2 is 1.00 bits per heavy atom. The zero-order valence-corrected chi connectivity index (χ0v) is 3.37. The van der Waals surface area contributed by atoms with Crippen molar-refractivity contribution in [2.75, 3.05) is 0 Å². The molecule has 0 saturated carbocycles. The Balaban J connectivity index is -0.0000000200. The zero-order chi connectivity index (χ0) is 2.71. The van der Waals surface area contributed by atoms with Crippen LogP contribution in [0.2, 0.25) is 0 Å². The van der Waals surface area contributed by atoms with Crippen molar-refractivity contribution in [2.45, 2.75) is 0 Å². The summed E-state index contributed by atoms with van der Waals surface area (Å²) < 4.78 is 16.8. The molecule has 0 aromatic heterocycles. The topological polar surface area (TPSA) is 97.1 Å². The molecule has 0 atom stereocenters. The Bertz CT molecular complexity index is 24.6. The number of hydrogen-bond donors (Lipinski definition) is 0. The minimum atomic E-state index is -1.44. The SMILES string of the molecule is O.O.[O]=[Mn]=[O]. The van der Waals surface area contributed by atoms with E-state index in [1.54, 1.807) is 0 Å². The summed E-state index contributed by atoms with van der Waals surface area (Å²) >= 11 is -1.44. The molecule has 0 aliphatic carbocycles. The molecule has 0 fully saturated rings. The molecular weight excluding hydrogens is 119 g/mol. The summed E-state index contributed by atoms with van der Waals surface area (Å²) in [5, 5.41) is 0. The summed E-state index contributed by atoms with van der Waals surface area (Å²) in [7, 11) is 0. The summed E-state index contributed by atoms with van der Waals surface area (Å²) in [5.74, 6) is 0. The van der Waals surface area contributed by atoms with Crippen LogP contribution in [-0.2, 0) is 22.5 Å². The van der Waals surface area contributed by atoms with Gasteiger partial charge >= 0.3 is 22.5 Å². The summed E-state index contributed by atoms with van der Waals surface area (Å²) in [4.78, 5) is 0. The van der Waals surface area contributed by atoms with E-state index in [0.717, 1.165) is 0 Å². The van der Waals surface area contributed by atoms with Crippen molar-refractivity contribution in [2.24, 2.45) is 0 Å². The summed E-state index contributed by atoms with van der Waals surface area (Å²) in [6, 6.07) is 0. The molecule has 0 radical (unpaired) electrons. The van der Waals surface area contributed by atoms with Gasteiger partial charge in [-0.1, -0.05) is 0 Å². The Morgan fingerprint density at radius 3 is 1.00 bits per heavy atom. The molecule has 5 heteroatoms. The molecule has 0 heterocycles. The number of rotatable bonds is 0. The predicted octanol–water partition coefficient (Wildman–Crippen LogP) is -1.89. The molecule has 0 aliphatic rings. The standard InChI is InChI=1S/Mn.2H2O.2O/h;2*1H2;;. The van der Waals surface area contributed by atoms with E-state index in [0.29, 0.717) is 0 Å². The van der Waals surface area contributed by atoms with E-state index >= 15 is 0 Å². The molecule has 5 heavy (non-hydrogen) atoms. The van der Waals surface area contributed by atoms with Crippen molar-refractivity contribution >= 4 is 0 Å². The molecule has 0 saturated heterocycles. The average Bonchev–Trinajstić information content (AvgIpc) is 0.918. The second kappa shape index (κ2) is 34.5. The normalized spacial score (nSPS) is 2.40. The molecule has 0 bridgehead atoms. The van der Waals surface area contributed by atoms with Crippen LogP contribution >= 0.6 is 0 Å². The van der Waals surface area contributed by atoms with Crippen molar-refractivity contribution in [3.8, 4) is 0 Å². The maximum absolute atomic E-state index is 8.41. The van der Waals surface area contributed by atoms with Crippen LogP contribution in [0.3, 0.4) is 0 Å². The quantitative estimate of drug-likeness (QED) is 0.352. The minimum absolute atomic E-state index is 0.